The molecule has 0 aliphatic carbocycles. The third-order valence-electron chi connectivity index (χ3n) is 2.52. The summed E-state index contributed by atoms with van der Waals surface area (Å²) >= 11 is 3.49. The van der Waals surface area contributed by atoms with Crippen LogP contribution in [0, 0.1) is 0 Å². The standard InChI is InChI=1S/C11H15BrN2/c1-11(2)5-6-13-9-4-3-8(12)7-10(9)14-11/h3-4,7,13-14H,5-6H2,1-2H3. The Labute approximate surface area is 93.2 Å². The third kappa shape index (κ3) is 2.03. The molecule has 0 amide bonds. The maximum absolute atomic E-state index is 3.55. The molecule has 0 spiro atoms. The molecule has 2 rings (SSSR count). The fourth-order valence-corrected chi connectivity index (χ4v) is 2.07. The summed E-state index contributed by atoms with van der Waals surface area (Å²) in [4.78, 5) is 0. The molecule has 0 saturated heterocycles. The minimum Gasteiger partial charge on any atom is -0.383 e. The molecule has 2 N–H and O–H groups in total. The van der Waals surface area contributed by atoms with Gasteiger partial charge in [0.1, 0.15) is 0 Å². The van der Waals surface area contributed by atoms with Crippen molar-refractivity contribution in [1.82, 2.24) is 0 Å². The van der Waals surface area contributed by atoms with E-state index >= 15 is 0 Å². The van der Waals surface area contributed by atoms with Crippen molar-refractivity contribution in [3.05, 3.63) is 22.7 Å². The smallest absolute Gasteiger partial charge is 0.0591 e. The lowest BCUT2D eigenvalue weighted by Gasteiger charge is -2.25. The lowest BCUT2D eigenvalue weighted by atomic mass is 10.0. The molecule has 0 unspecified atom stereocenters. The molecule has 14 heavy (non-hydrogen) atoms. The van der Waals surface area contributed by atoms with E-state index in [1.165, 1.54) is 11.4 Å². The predicted octanol–water partition coefficient (Wildman–Crippen LogP) is 3.46. The maximum Gasteiger partial charge on any atom is 0.0591 e. The molecule has 0 radical (unpaired) electrons. The first-order chi connectivity index (χ1) is 6.57. The molecule has 76 valence electrons. The molecule has 2 nitrogen and oxygen atoms in total. The quantitative estimate of drug-likeness (QED) is 0.741. The number of hydrogen-bond acceptors (Lipinski definition) is 2. The van der Waals surface area contributed by atoms with Gasteiger partial charge in [0.2, 0.25) is 0 Å². The van der Waals surface area contributed by atoms with Crippen LogP contribution >= 0.6 is 15.9 Å². The normalized spacial score (nSPS) is 18.8. The molecular weight excluding hydrogens is 240 g/mol. The molecule has 1 aromatic rings. The first-order valence-electron chi connectivity index (χ1n) is 4.88. The van der Waals surface area contributed by atoms with Gasteiger partial charge in [0.05, 0.1) is 11.4 Å². The summed E-state index contributed by atoms with van der Waals surface area (Å²) in [7, 11) is 0. The van der Waals surface area contributed by atoms with E-state index < -0.39 is 0 Å². The zero-order chi connectivity index (χ0) is 10.2. The van der Waals surface area contributed by atoms with Gasteiger partial charge in [-0.05, 0) is 38.5 Å². The van der Waals surface area contributed by atoms with Crippen molar-refractivity contribution in [2.24, 2.45) is 0 Å². The minimum absolute atomic E-state index is 0.166. The highest BCUT2D eigenvalue weighted by molar-refractivity contribution is 9.10. The molecule has 1 aromatic carbocycles. The van der Waals surface area contributed by atoms with Crippen molar-refractivity contribution in [3.8, 4) is 0 Å². The van der Waals surface area contributed by atoms with Crippen LogP contribution in [0.15, 0.2) is 22.7 Å². The highest BCUT2D eigenvalue weighted by Crippen LogP contribution is 2.31. The SMILES string of the molecule is CC1(C)CCNc2ccc(Br)cc2N1. The van der Waals surface area contributed by atoms with Crippen LogP contribution in [0.1, 0.15) is 20.3 Å². The number of hydrogen-bond donors (Lipinski definition) is 2. The molecule has 3 heteroatoms. The molecule has 0 fully saturated rings. The highest BCUT2D eigenvalue weighted by atomic mass is 79.9. The average Bonchev–Trinajstić information content (AvgIpc) is 2.21. The monoisotopic (exact) mass is 254 g/mol. The van der Waals surface area contributed by atoms with Gasteiger partial charge >= 0.3 is 0 Å². The van der Waals surface area contributed by atoms with E-state index in [0.29, 0.717) is 0 Å². The Bertz CT molecular complexity index is 347. The molecule has 0 saturated carbocycles. The van der Waals surface area contributed by atoms with Crippen LogP contribution in [0.5, 0.6) is 0 Å². The predicted molar refractivity (Wildman–Crippen MR) is 65.0 cm³/mol. The fourth-order valence-electron chi connectivity index (χ4n) is 1.71. The highest BCUT2D eigenvalue weighted by Gasteiger charge is 2.21. The Hall–Kier alpha value is -0.700. The first-order valence-corrected chi connectivity index (χ1v) is 5.68. The summed E-state index contributed by atoms with van der Waals surface area (Å²) in [6, 6.07) is 6.29. The van der Waals surface area contributed by atoms with E-state index in [0.717, 1.165) is 17.4 Å². The zero-order valence-electron chi connectivity index (χ0n) is 8.52. The van der Waals surface area contributed by atoms with Gasteiger partial charge in [-0.3, -0.25) is 0 Å². The largest absolute Gasteiger partial charge is 0.383 e. The zero-order valence-corrected chi connectivity index (χ0v) is 10.1. The fraction of sp³-hybridized carbons (Fsp3) is 0.455. The van der Waals surface area contributed by atoms with Gasteiger partial charge in [0.15, 0.2) is 0 Å². The van der Waals surface area contributed by atoms with Crippen LogP contribution in [0.2, 0.25) is 0 Å². The lowest BCUT2D eigenvalue weighted by molar-refractivity contribution is 0.540. The van der Waals surface area contributed by atoms with E-state index in [1.54, 1.807) is 0 Å². The summed E-state index contributed by atoms with van der Waals surface area (Å²) in [6.07, 6.45) is 1.12. The summed E-state index contributed by atoms with van der Waals surface area (Å²) in [5.74, 6) is 0. The molecule has 0 atom stereocenters. The van der Waals surface area contributed by atoms with Crippen molar-refractivity contribution in [1.29, 1.82) is 0 Å². The van der Waals surface area contributed by atoms with E-state index in [4.69, 9.17) is 0 Å². The van der Waals surface area contributed by atoms with Crippen LogP contribution in [-0.2, 0) is 0 Å². The van der Waals surface area contributed by atoms with Crippen molar-refractivity contribution in [2.45, 2.75) is 25.8 Å². The number of anilines is 2. The summed E-state index contributed by atoms with van der Waals surface area (Å²) in [5.41, 5.74) is 2.54. The topological polar surface area (TPSA) is 24.1 Å². The van der Waals surface area contributed by atoms with Gasteiger partial charge in [-0.1, -0.05) is 15.9 Å². The van der Waals surface area contributed by atoms with Gasteiger partial charge in [-0.2, -0.15) is 0 Å². The van der Waals surface area contributed by atoms with Crippen LogP contribution < -0.4 is 10.6 Å². The number of halogens is 1. The van der Waals surface area contributed by atoms with Gasteiger partial charge in [-0.15, -0.1) is 0 Å². The maximum atomic E-state index is 3.55. The second kappa shape index (κ2) is 3.46. The molecule has 0 bridgehead atoms. The van der Waals surface area contributed by atoms with Gasteiger partial charge in [0.25, 0.3) is 0 Å². The van der Waals surface area contributed by atoms with Crippen molar-refractivity contribution in [2.75, 3.05) is 17.2 Å². The first kappa shape index (κ1) is 9.84. The Morgan fingerprint density at radius 1 is 1.29 bits per heavy atom. The van der Waals surface area contributed by atoms with E-state index in [9.17, 15) is 0 Å². The van der Waals surface area contributed by atoms with Crippen molar-refractivity contribution >= 4 is 27.3 Å². The van der Waals surface area contributed by atoms with Crippen LogP contribution in [-0.4, -0.2) is 12.1 Å². The van der Waals surface area contributed by atoms with Crippen LogP contribution in [0.3, 0.4) is 0 Å². The number of fused-ring (bicyclic) bond motifs is 1. The van der Waals surface area contributed by atoms with E-state index in [2.05, 4.69) is 58.6 Å². The lowest BCUT2D eigenvalue weighted by Crippen LogP contribution is -2.30. The van der Waals surface area contributed by atoms with Gasteiger partial charge < -0.3 is 10.6 Å². The summed E-state index contributed by atoms with van der Waals surface area (Å²) in [6.45, 7) is 5.48. The Morgan fingerprint density at radius 2 is 2.07 bits per heavy atom. The molecular formula is C11H15BrN2. The average molecular weight is 255 g/mol. The van der Waals surface area contributed by atoms with Gasteiger partial charge in [-0.25, -0.2) is 0 Å². The number of benzene rings is 1. The number of rotatable bonds is 0. The number of nitrogens with one attached hydrogen (secondary N) is 2. The van der Waals surface area contributed by atoms with E-state index in [-0.39, 0.29) is 5.54 Å². The Balaban J connectivity index is 2.38. The molecule has 1 heterocycles. The van der Waals surface area contributed by atoms with Gasteiger partial charge in [0, 0.05) is 16.6 Å². The molecule has 1 aliphatic heterocycles. The molecule has 0 aromatic heterocycles. The second-order valence-electron chi connectivity index (χ2n) is 4.38. The molecule has 1 aliphatic rings. The minimum atomic E-state index is 0.166. The third-order valence-corrected chi connectivity index (χ3v) is 3.01. The van der Waals surface area contributed by atoms with Crippen molar-refractivity contribution in [3.63, 3.8) is 0 Å². The second-order valence-corrected chi connectivity index (χ2v) is 5.29. The van der Waals surface area contributed by atoms with E-state index in [1.807, 2.05) is 0 Å². The summed E-state index contributed by atoms with van der Waals surface area (Å²) < 4.78 is 1.11. The van der Waals surface area contributed by atoms with Crippen LogP contribution in [0.25, 0.3) is 0 Å². The Kier molecular flexibility index (Phi) is 2.43. The van der Waals surface area contributed by atoms with Crippen LogP contribution in [0.4, 0.5) is 11.4 Å². The Morgan fingerprint density at radius 3 is 2.86 bits per heavy atom. The summed E-state index contributed by atoms with van der Waals surface area (Å²) in [5, 5.41) is 6.97. The van der Waals surface area contributed by atoms with Crippen molar-refractivity contribution < 1.29 is 0 Å².